The number of phenolic OH excluding ortho intramolecular Hbond substituents is 1. The van der Waals surface area contributed by atoms with Crippen LogP contribution in [0.25, 0.3) is 10.9 Å². The second-order valence-corrected chi connectivity index (χ2v) is 8.45. The zero-order valence-corrected chi connectivity index (χ0v) is 15.6. The fourth-order valence-corrected chi connectivity index (χ4v) is 5.41. The average molecular weight is 435 g/mol. The molecule has 0 saturated carbocycles. The van der Waals surface area contributed by atoms with Gasteiger partial charge in [0.15, 0.2) is 0 Å². The van der Waals surface area contributed by atoms with Crippen molar-refractivity contribution < 1.29 is 13.5 Å². The first-order chi connectivity index (χ1) is 10.7. The summed E-state index contributed by atoms with van der Waals surface area (Å²) in [5, 5.41) is 10.8. The summed E-state index contributed by atoms with van der Waals surface area (Å²) >= 11 is 15.0. The molecule has 0 unspecified atom stereocenters. The smallest absolute Gasteiger partial charge is 0.269 e. The average Bonchev–Trinajstić information content (AvgIpc) is 2.78. The van der Waals surface area contributed by atoms with E-state index in [0.29, 0.717) is 16.2 Å². The van der Waals surface area contributed by atoms with Crippen molar-refractivity contribution in [2.45, 2.75) is 11.8 Å². The van der Waals surface area contributed by atoms with Crippen molar-refractivity contribution in [2.24, 2.45) is 0 Å². The Bertz CT molecular complexity index is 1040. The van der Waals surface area contributed by atoms with Gasteiger partial charge in [-0.1, -0.05) is 23.2 Å². The number of aromatic hydroxyl groups is 1. The van der Waals surface area contributed by atoms with Crippen LogP contribution in [0.3, 0.4) is 0 Å². The largest absolute Gasteiger partial charge is 0.506 e. The molecule has 0 aliphatic heterocycles. The summed E-state index contributed by atoms with van der Waals surface area (Å²) in [7, 11) is -3.90. The van der Waals surface area contributed by atoms with Crippen LogP contribution in [-0.2, 0) is 10.0 Å². The third-order valence-electron chi connectivity index (χ3n) is 3.41. The Hall–Kier alpha value is -1.21. The molecule has 0 saturated heterocycles. The molecule has 8 heteroatoms. The summed E-state index contributed by atoms with van der Waals surface area (Å²) in [6.45, 7) is 1.70. The van der Waals surface area contributed by atoms with E-state index in [9.17, 15) is 13.5 Å². The molecule has 3 rings (SSSR count). The second kappa shape index (κ2) is 5.70. The quantitative estimate of drug-likeness (QED) is 0.619. The molecular weight excluding hydrogens is 425 g/mol. The molecule has 120 valence electrons. The molecule has 3 aromatic rings. The Balaban J connectivity index is 2.34. The van der Waals surface area contributed by atoms with Crippen LogP contribution in [0.1, 0.15) is 5.69 Å². The highest BCUT2D eigenvalue weighted by Gasteiger charge is 2.25. The van der Waals surface area contributed by atoms with Crippen molar-refractivity contribution in [3.8, 4) is 5.75 Å². The molecule has 1 heterocycles. The highest BCUT2D eigenvalue weighted by atomic mass is 79.9. The van der Waals surface area contributed by atoms with Crippen LogP contribution in [-0.4, -0.2) is 17.5 Å². The third-order valence-corrected chi connectivity index (χ3v) is 6.73. The van der Waals surface area contributed by atoms with Gasteiger partial charge in [0, 0.05) is 20.6 Å². The summed E-state index contributed by atoms with van der Waals surface area (Å²) in [6, 6.07) is 9.21. The van der Waals surface area contributed by atoms with Crippen molar-refractivity contribution in [1.82, 2.24) is 3.97 Å². The zero-order valence-electron chi connectivity index (χ0n) is 11.7. The first kappa shape index (κ1) is 16.6. The standard InChI is InChI=1S/C15H10BrCl2NO3S/c1-8-4-9-5-10(17)2-3-13(9)19(8)23(21,22)15-7-12(18)14(20)6-11(15)16/h2-7,20H,1H3. The molecule has 0 bridgehead atoms. The van der Waals surface area contributed by atoms with Gasteiger partial charge < -0.3 is 5.11 Å². The van der Waals surface area contributed by atoms with Gasteiger partial charge >= 0.3 is 0 Å². The lowest BCUT2D eigenvalue weighted by Crippen LogP contribution is -2.14. The number of phenols is 1. The Morgan fingerprint density at radius 2 is 1.83 bits per heavy atom. The molecule has 4 nitrogen and oxygen atoms in total. The monoisotopic (exact) mass is 433 g/mol. The van der Waals surface area contributed by atoms with E-state index in [4.69, 9.17) is 23.2 Å². The summed E-state index contributed by atoms with van der Waals surface area (Å²) < 4.78 is 27.6. The van der Waals surface area contributed by atoms with E-state index in [2.05, 4.69) is 15.9 Å². The van der Waals surface area contributed by atoms with Gasteiger partial charge in [-0.3, -0.25) is 0 Å². The fraction of sp³-hybridized carbons (Fsp3) is 0.0667. The minimum atomic E-state index is -3.90. The molecule has 1 aromatic heterocycles. The lowest BCUT2D eigenvalue weighted by atomic mass is 10.2. The first-order valence-corrected chi connectivity index (χ1v) is 9.42. The summed E-state index contributed by atoms with van der Waals surface area (Å²) in [5.74, 6) is -0.196. The first-order valence-electron chi connectivity index (χ1n) is 6.43. The molecule has 0 fully saturated rings. The number of hydrogen-bond donors (Lipinski definition) is 1. The molecule has 0 aliphatic carbocycles. The number of nitrogens with zero attached hydrogens (tertiary/aromatic N) is 1. The molecule has 23 heavy (non-hydrogen) atoms. The molecule has 1 N–H and O–H groups in total. The van der Waals surface area contributed by atoms with E-state index in [-0.39, 0.29) is 20.1 Å². The van der Waals surface area contributed by atoms with Gasteiger partial charge in [-0.25, -0.2) is 12.4 Å². The molecule has 0 spiro atoms. The van der Waals surface area contributed by atoms with Gasteiger partial charge in [-0.15, -0.1) is 0 Å². The maximum absolute atomic E-state index is 13.1. The topological polar surface area (TPSA) is 59.3 Å². The van der Waals surface area contributed by atoms with Crippen LogP contribution in [0.5, 0.6) is 5.75 Å². The van der Waals surface area contributed by atoms with Crippen molar-refractivity contribution in [3.63, 3.8) is 0 Å². The van der Waals surface area contributed by atoms with Gasteiger partial charge in [0.25, 0.3) is 10.0 Å². The van der Waals surface area contributed by atoms with Gasteiger partial charge in [0.05, 0.1) is 10.5 Å². The van der Waals surface area contributed by atoms with E-state index >= 15 is 0 Å². The van der Waals surface area contributed by atoms with Crippen molar-refractivity contribution in [2.75, 3.05) is 0 Å². The maximum Gasteiger partial charge on any atom is 0.269 e. The SMILES string of the molecule is Cc1cc2cc(Cl)ccc2n1S(=O)(=O)c1cc(Cl)c(O)cc1Br. The maximum atomic E-state index is 13.1. The number of hydrogen-bond acceptors (Lipinski definition) is 3. The predicted molar refractivity (Wildman–Crippen MR) is 95.1 cm³/mol. The van der Waals surface area contributed by atoms with Crippen LogP contribution < -0.4 is 0 Å². The Morgan fingerprint density at radius 1 is 1.13 bits per heavy atom. The van der Waals surface area contributed by atoms with Gasteiger partial charge in [-0.2, -0.15) is 0 Å². The van der Waals surface area contributed by atoms with Gasteiger partial charge in [-0.05, 0) is 59.3 Å². The Labute approximate surface area is 151 Å². The highest BCUT2D eigenvalue weighted by molar-refractivity contribution is 9.10. The number of rotatable bonds is 2. The lowest BCUT2D eigenvalue weighted by Gasteiger charge is -2.12. The van der Waals surface area contributed by atoms with Crippen LogP contribution in [0, 0.1) is 6.92 Å². The summed E-state index contributed by atoms with van der Waals surface area (Å²) in [5.41, 5.74) is 1.06. The van der Waals surface area contributed by atoms with Crippen LogP contribution >= 0.6 is 39.1 Å². The number of halogens is 3. The second-order valence-electron chi connectivity index (χ2n) is 4.99. The van der Waals surface area contributed by atoms with Crippen LogP contribution in [0.4, 0.5) is 0 Å². The van der Waals surface area contributed by atoms with Gasteiger partial charge in [0.2, 0.25) is 0 Å². The highest BCUT2D eigenvalue weighted by Crippen LogP contribution is 2.35. The lowest BCUT2D eigenvalue weighted by molar-refractivity contribution is 0.474. The third kappa shape index (κ3) is 2.74. The number of aromatic nitrogens is 1. The number of fused-ring (bicyclic) bond motifs is 1. The molecule has 0 amide bonds. The van der Waals surface area contributed by atoms with E-state index in [1.54, 1.807) is 31.2 Å². The van der Waals surface area contributed by atoms with Gasteiger partial charge in [0.1, 0.15) is 10.6 Å². The van der Waals surface area contributed by atoms with E-state index < -0.39 is 10.0 Å². The minimum absolute atomic E-state index is 0.0316. The van der Waals surface area contributed by atoms with Crippen molar-refractivity contribution >= 4 is 60.1 Å². The zero-order chi connectivity index (χ0) is 16.9. The van der Waals surface area contributed by atoms with E-state index in [0.717, 1.165) is 5.39 Å². The fourth-order valence-electron chi connectivity index (χ4n) is 2.43. The molecule has 0 aliphatic rings. The van der Waals surface area contributed by atoms with E-state index in [1.807, 2.05) is 0 Å². The van der Waals surface area contributed by atoms with Crippen LogP contribution in [0.15, 0.2) is 45.8 Å². The normalized spacial score (nSPS) is 12.0. The molecule has 2 aromatic carbocycles. The minimum Gasteiger partial charge on any atom is -0.506 e. The van der Waals surface area contributed by atoms with Crippen molar-refractivity contribution in [1.29, 1.82) is 0 Å². The summed E-state index contributed by atoms with van der Waals surface area (Å²) in [4.78, 5) is -0.0316. The molecular formula is C15H10BrCl2NO3S. The molecule has 0 radical (unpaired) electrons. The number of benzene rings is 2. The van der Waals surface area contributed by atoms with E-state index in [1.165, 1.54) is 16.1 Å². The molecule has 0 atom stereocenters. The summed E-state index contributed by atoms with van der Waals surface area (Å²) in [6.07, 6.45) is 0. The van der Waals surface area contributed by atoms with Crippen LogP contribution in [0.2, 0.25) is 10.0 Å². The number of aryl methyl sites for hydroxylation is 1. The Kier molecular flexibility index (Phi) is 4.13. The predicted octanol–water partition coefficient (Wildman–Crippen LogP) is 4.96. The van der Waals surface area contributed by atoms with Crippen molar-refractivity contribution in [3.05, 3.63) is 56.6 Å². The Morgan fingerprint density at radius 3 is 2.52 bits per heavy atom.